The highest BCUT2D eigenvalue weighted by Gasteiger charge is 2.73. The largest absolute Gasteiger partial charge is 0.464 e. The molecule has 5 rings (SSSR count). The number of aromatic nitrogens is 1. The predicted octanol–water partition coefficient (Wildman–Crippen LogP) is 3.13. The van der Waals surface area contributed by atoms with Crippen LogP contribution in [0.4, 0.5) is 5.69 Å². The van der Waals surface area contributed by atoms with Gasteiger partial charge >= 0.3 is 11.9 Å². The van der Waals surface area contributed by atoms with E-state index in [2.05, 4.69) is 10.3 Å². The van der Waals surface area contributed by atoms with Gasteiger partial charge in [0.15, 0.2) is 0 Å². The fraction of sp³-hybridized carbons (Fsp3) is 0.296. The number of anilines is 1. The van der Waals surface area contributed by atoms with Crippen LogP contribution in [0.5, 0.6) is 0 Å². The van der Waals surface area contributed by atoms with Crippen LogP contribution in [0.15, 0.2) is 66.9 Å². The van der Waals surface area contributed by atoms with E-state index in [0.29, 0.717) is 15.6 Å². The van der Waals surface area contributed by atoms with Gasteiger partial charge in [0.25, 0.3) is 0 Å². The molecule has 3 aromatic rings. The van der Waals surface area contributed by atoms with E-state index in [4.69, 9.17) is 9.47 Å². The molecule has 0 aliphatic carbocycles. The Morgan fingerprint density at radius 1 is 0.946 bits per heavy atom. The highest BCUT2D eigenvalue weighted by atomic mass is 32.1. The average molecular weight is 520 g/mol. The molecule has 9 nitrogen and oxygen atoms in total. The number of amides is 2. The molecular formula is C27H25N3O6S. The molecule has 0 unspecified atom stereocenters. The molecule has 10 heteroatoms. The van der Waals surface area contributed by atoms with Crippen molar-refractivity contribution in [3.63, 3.8) is 0 Å². The third-order valence-corrected chi connectivity index (χ3v) is 7.75. The van der Waals surface area contributed by atoms with E-state index >= 15 is 0 Å². The highest BCUT2D eigenvalue weighted by Crippen LogP contribution is 2.51. The topological polar surface area (TPSA) is 115 Å². The first-order chi connectivity index (χ1) is 17.9. The Bertz CT molecular complexity index is 1320. The average Bonchev–Trinajstić information content (AvgIpc) is 3.60. The smallest absolute Gasteiger partial charge is 0.338 e. The minimum Gasteiger partial charge on any atom is -0.464 e. The molecule has 3 heterocycles. The second-order valence-corrected chi connectivity index (χ2v) is 9.72. The first-order valence-corrected chi connectivity index (χ1v) is 12.8. The van der Waals surface area contributed by atoms with Gasteiger partial charge in [-0.3, -0.25) is 14.9 Å². The van der Waals surface area contributed by atoms with Crippen LogP contribution >= 0.6 is 11.3 Å². The van der Waals surface area contributed by atoms with Crippen molar-refractivity contribution in [2.45, 2.75) is 25.4 Å². The first-order valence-electron chi connectivity index (χ1n) is 12.0. The maximum Gasteiger partial charge on any atom is 0.338 e. The molecule has 37 heavy (non-hydrogen) atoms. The Labute approximate surface area is 217 Å². The monoisotopic (exact) mass is 519 g/mol. The second kappa shape index (κ2) is 9.87. The van der Waals surface area contributed by atoms with Crippen molar-refractivity contribution in [1.82, 2.24) is 10.3 Å². The van der Waals surface area contributed by atoms with E-state index in [1.54, 1.807) is 50.4 Å². The number of rotatable bonds is 7. The molecule has 3 atom stereocenters. The lowest BCUT2D eigenvalue weighted by Gasteiger charge is -2.30. The van der Waals surface area contributed by atoms with Gasteiger partial charge in [-0.2, -0.15) is 0 Å². The minimum atomic E-state index is -2.19. The molecule has 2 saturated heterocycles. The van der Waals surface area contributed by atoms with Crippen LogP contribution in [-0.4, -0.2) is 47.5 Å². The number of fused-ring (bicyclic) bond motifs is 1. The van der Waals surface area contributed by atoms with Crippen LogP contribution in [0.3, 0.4) is 0 Å². The van der Waals surface area contributed by atoms with E-state index < -0.39 is 47.2 Å². The summed E-state index contributed by atoms with van der Waals surface area (Å²) >= 11 is 1.32. The van der Waals surface area contributed by atoms with Crippen LogP contribution in [0, 0.1) is 11.8 Å². The standard InChI is InChI=1S/C27H25N3O6S/c1-3-35-25(33)27(26(34)36-4-2)20-19(23(31)30(24(20)32)17-13-9-6-10-14-17)21(29-27)18-15-28-22(37-18)16-11-7-5-8-12-16/h5-15,19-21,29H,3-4H2,1-2H3/t19-,20-,21-/m0/s1. The molecule has 1 N–H and O–H groups in total. The Morgan fingerprint density at radius 3 is 2.14 bits per heavy atom. The van der Waals surface area contributed by atoms with Crippen LogP contribution in [0.1, 0.15) is 24.8 Å². The summed E-state index contributed by atoms with van der Waals surface area (Å²) in [7, 11) is 0. The van der Waals surface area contributed by atoms with Gasteiger partial charge in [0.05, 0.1) is 36.8 Å². The van der Waals surface area contributed by atoms with Crippen molar-refractivity contribution < 1.29 is 28.7 Å². The van der Waals surface area contributed by atoms with E-state index in [-0.39, 0.29) is 13.2 Å². The van der Waals surface area contributed by atoms with Gasteiger partial charge in [-0.15, -0.1) is 11.3 Å². The Hall–Kier alpha value is -3.89. The van der Waals surface area contributed by atoms with Crippen molar-refractivity contribution >= 4 is 40.8 Å². The quantitative estimate of drug-likeness (QED) is 0.288. The van der Waals surface area contributed by atoms with Gasteiger partial charge in [0.2, 0.25) is 17.4 Å². The van der Waals surface area contributed by atoms with Gasteiger partial charge in [0, 0.05) is 16.6 Å². The summed E-state index contributed by atoms with van der Waals surface area (Å²) in [5.41, 5.74) is -0.939. The lowest BCUT2D eigenvalue weighted by molar-refractivity contribution is -0.169. The van der Waals surface area contributed by atoms with Crippen molar-refractivity contribution in [1.29, 1.82) is 0 Å². The fourth-order valence-corrected chi connectivity index (χ4v) is 6.10. The number of hydrogen-bond donors (Lipinski definition) is 1. The van der Waals surface area contributed by atoms with E-state index in [1.807, 2.05) is 30.3 Å². The number of benzene rings is 2. The molecule has 190 valence electrons. The number of esters is 2. The van der Waals surface area contributed by atoms with E-state index in [0.717, 1.165) is 10.5 Å². The minimum absolute atomic E-state index is 0.0209. The molecule has 2 aromatic carbocycles. The van der Waals surface area contributed by atoms with Gasteiger partial charge < -0.3 is 9.47 Å². The summed E-state index contributed by atoms with van der Waals surface area (Å²) in [4.78, 5) is 60.8. The van der Waals surface area contributed by atoms with Gasteiger partial charge in [-0.1, -0.05) is 48.5 Å². The van der Waals surface area contributed by atoms with Crippen LogP contribution in [0.25, 0.3) is 10.6 Å². The molecule has 2 amide bonds. The maximum atomic E-state index is 13.9. The zero-order valence-corrected chi connectivity index (χ0v) is 21.1. The molecule has 0 bridgehead atoms. The summed E-state index contributed by atoms with van der Waals surface area (Å²) < 4.78 is 10.6. The van der Waals surface area contributed by atoms with Crippen molar-refractivity contribution in [3.05, 3.63) is 71.7 Å². The first kappa shape index (κ1) is 24.8. The number of imide groups is 1. The molecule has 2 aliphatic rings. The normalized spacial score (nSPS) is 22.1. The Kier molecular flexibility index (Phi) is 6.61. The van der Waals surface area contributed by atoms with Crippen molar-refractivity contribution in [2.75, 3.05) is 18.1 Å². The lowest BCUT2D eigenvalue weighted by atomic mass is 9.80. The molecule has 0 spiro atoms. The number of nitrogens with zero attached hydrogens (tertiary/aromatic N) is 2. The number of ether oxygens (including phenoxy) is 2. The third kappa shape index (κ3) is 3.93. The second-order valence-electron chi connectivity index (χ2n) is 8.66. The number of carbonyl (C=O) groups is 4. The fourth-order valence-electron chi connectivity index (χ4n) is 5.08. The SMILES string of the molecule is CCOC(=O)C1(C(=O)OCC)N[C@@H](c2cnc(-c3ccccc3)s2)[C@H]2C(=O)N(c3ccccc3)C(=O)[C@H]21. The molecule has 0 saturated carbocycles. The van der Waals surface area contributed by atoms with Gasteiger partial charge in [-0.05, 0) is 26.0 Å². The Balaban J connectivity index is 1.65. The van der Waals surface area contributed by atoms with Crippen LogP contribution < -0.4 is 10.2 Å². The van der Waals surface area contributed by atoms with Crippen LogP contribution in [0.2, 0.25) is 0 Å². The van der Waals surface area contributed by atoms with Crippen LogP contribution in [-0.2, 0) is 28.7 Å². The molecule has 2 aliphatic heterocycles. The third-order valence-electron chi connectivity index (χ3n) is 6.62. The number of carbonyl (C=O) groups excluding carboxylic acids is 4. The highest BCUT2D eigenvalue weighted by molar-refractivity contribution is 7.15. The van der Waals surface area contributed by atoms with Crippen molar-refractivity contribution in [2.24, 2.45) is 11.8 Å². The number of thiazole rings is 1. The van der Waals surface area contributed by atoms with Crippen molar-refractivity contribution in [3.8, 4) is 10.6 Å². The molecule has 0 radical (unpaired) electrons. The zero-order chi connectivity index (χ0) is 26.2. The number of nitrogens with one attached hydrogen (secondary N) is 1. The lowest BCUT2D eigenvalue weighted by Crippen LogP contribution is -2.62. The summed E-state index contributed by atoms with van der Waals surface area (Å²) in [5.74, 6) is -5.48. The maximum absolute atomic E-state index is 13.9. The summed E-state index contributed by atoms with van der Waals surface area (Å²) in [6.45, 7) is 3.17. The summed E-state index contributed by atoms with van der Waals surface area (Å²) in [6, 6.07) is 17.1. The number of para-hydroxylation sites is 1. The summed E-state index contributed by atoms with van der Waals surface area (Å²) in [6.07, 6.45) is 1.61. The van der Waals surface area contributed by atoms with E-state index in [1.165, 1.54) is 11.3 Å². The molecule has 1 aromatic heterocycles. The molecular weight excluding hydrogens is 494 g/mol. The zero-order valence-electron chi connectivity index (χ0n) is 20.2. The number of hydrogen-bond acceptors (Lipinski definition) is 9. The van der Waals surface area contributed by atoms with Gasteiger partial charge in [0.1, 0.15) is 5.01 Å². The Morgan fingerprint density at radius 2 is 1.54 bits per heavy atom. The predicted molar refractivity (Wildman–Crippen MR) is 135 cm³/mol. The molecule has 2 fully saturated rings. The summed E-state index contributed by atoms with van der Waals surface area (Å²) in [5, 5.41) is 3.75. The van der Waals surface area contributed by atoms with Gasteiger partial charge in [-0.25, -0.2) is 19.5 Å². The van der Waals surface area contributed by atoms with E-state index in [9.17, 15) is 19.2 Å².